The van der Waals surface area contributed by atoms with Gasteiger partial charge in [-0.25, -0.2) is 0 Å². The molecule has 0 saturated carbocycles. The van der Waals surface area contributed by atoms with E-state index in [1.54, 1.807) is 0 Å². The highest BCUT2D eigenvalue weighted by Crippen LogP contribution is 2.47. The van der Waals surface area contributed by atoms with Crippen molar-refractivity contribution in [1.29, 1.82) is 0 Å². The Hall–Kier alpha value is -7.62. The molecule has 3 heteroatoms. The Kier molecular flexibility index (Phi) is 7.82. The minimum Gasteiger partial charge on any atom is -0.455 e. The molecule has 0 aliphatic rings. The first kappa shape index (κ1) is 32.8. The van der Waals surface area contributed by atoms with Gasteiger partial charge in [0.2, 0.25) is 0 Å². The van der Waals surface area contributed by atoms with Crippen molar-refractivity contribution in [2.75, 3.05) is 4.90 Å². The Bertz CT molecular complexity index is 3160. The van der Waals surface area contributed by atoms with Gasteiger partial charge in [-0.2, -0.15) is 0 Å². The van der Waals surface area contributed by atoms with Gasteiger partial charge in [-0.1, -0.05) is 146 Å². The van der Waals surface area contributed by atoms with Gasteiger partial charge in [0, 0.05) is 49.9 Å². The summed E-state index contributed by atoms with van der Waals surface area (Å²) in [6.07, 6.45) is 0. The van der Waals surface area contributed by atoms with E-state index in [2.05, 4.69) is 228 Å². The lowest BCUT2D eigenvalue weighted by molar-refractivity contribution is 0.670. The third-order valence-electron chi connectivity index (χ3n) is 11.1. The van der Waals surface area contributed by atoms with Crippen molar-refractivity contribution in [3.63, 3.8) is 0 Å². The number of benzene rings is 9. The lowest BCUT2D eigenvalue weighted by atomic mass is 9.96. The van der Waals surface area contributed by atoms with E-state index in [1.807, 2.05) is 0 Å². The first-order chi connectivity index (χ1) is 28.3. The van der Waals surface area contributed by atoms with E-state index < -0.39 is 0 Å². The van der Waals surface area contributed by atoms with Crippen LogP contribution in [0.1, 0.15) is 0 Å². The fourth-order valence-corrected chi connectivity index (χ4v) is 8.59. The normalized spacial score (nSPS) is 11.5. The number of para-hydroxylation sites is 4. The molecule has 2 aromatic heterocycles. The largest absolute Gasteiger partial charge is 0.455 e. The summed E-state index contributed by atoms with van der Waals surface area (Å²) in [6, 6.07) is 78.0. The van der Waals surface area contributed by atoms with Crippen molar-refractivity contribution in [2.45, 2.75) is 0 Å². The van der Waals surface area contributed by atoms with Crippen LogP contribution in [-0.2, 0) is 0 Å². The topological polar surface area (TPSA) is 21.3 Å². The van der Waals surface area contributed by atoms with E-state index in [4.69, 9.17) is 4.42 Å². The number of furan rings is 1. The molecule has 0 aliphatic heterocycles. The number of hydrogen-bond acceptors (Lipinski definition) is 2. The van der Waals surface area contributed by atoms with Gasteiger partial charge < -0.3 is 13.9 Å². The minimum atomic E-state index is 0.881. The van der Waals surface area contributed by atoms with Gasteiger partial charge in [0.05, 0.1) is 11.0 Å². The highest BCUT2D eigenvalue weighted by molar-refractivity contribution is 6.29. The highest BCUT2D eigenvalue weighted by atomic mass is 16.3. The SMILES string of the molecule is c1ccc(-c2cc(-c3ccccc3)cc(N(c3ccccc3)c3cccc(-c4cc5c(c6ccccc6n5-c5ccccc5)c5c4oc4ccccc45)c3)c2)cc1. The average molecular weight is 729 g/mol. The molecule has 11 rings (SSSR count). The van der Waals surface area contributed by atoms with Crippen LogP contribution >= 0.6 is 0 Å². The van der Waals surface area contributed by atoms with Crippen LogP contribution in [0.5, 0.6) is 0 Å². The second kappa shape index (κ2) is 13.6. The molecule has 0 fully saturated rings. The van der Waals surface area contributed by atoms with Gasteiger partial charge in [0.25, 0.3) is 0 Å². The number of nitrogens with zero attached hydrogens (tertiary/aromatic N) is 2. The Morgan fingerprint density at radius 1 is 0.351 bits per heavy atom. The average Bonchev–Trinajstić information content (AvgIpc) is 3.83. The van der Waals surface area contributed by atoms with E-state index in [0.29, 0.717) is 0 Å². The van der Waals surface area contributed by atoms with E-state index in [0.717, 1.165) is 72.5 Å². The lowest BCUT2D eigenvalue weighted by Gasteiger charge is -2.27. The second-order valence-electron chi connectivity index (χ2n) is 14.5. The van der Waals surface area contributed by atoms with Crippen molar-refractivity contribution in [3.05, 3.63) is 218 Å². The highest BCUT2D eigenvalue weighted by Gasteiger charge is 2.23. The molecule has 57 heavy (non-hydrogen) atoms. The van der Waals surface area contributed by atoms with Crippen LogP contribution in [0.2, 0.25) is 0 Å². The van der Waals surface area contributed by atoms with Crippen LogP contribution in [-0.4, -0.2) is 4.57 Å². The number of aromatic nitrogens is 1. The third-order valence-corrected chi connectivity index (χ3v) is 11.1. The van der Waals surface area contributed by atoms with E-state index in [9.17, 15) is 0 Å². The molecule has 0 unspecified atom stereocenters. The maximum Gasteiger partial charge on any atom is 0.144 e. The molecule has 0 N–H and O–H groups in total. The summed E-state index contributed by atoms with van der Waals surface area (Å²) in [7, 11) is 0. The molecule has 0 spiro atoms. The number of anilines is 3. The number of fused-ring (bicyclic) bond motifs is 7. The predicted octanol–water partition coefficient (Wildman–Crippen LogP) is 15.2. The Balaban J connectivity index is 1.18. The summed E-state index contributed by atoms with van der Waals surface area (Å²) >= 11 is 0. The monoisotopic (exact) mass is 728 g/mol. The van der Waals surface area contributed by atoms with Crippen molar-refractivity contribution in [2.24, 2.45) is 0 Å². The zero-order valence-electron chi connectivity index (χ0n) is 31.1. The quantitative estimate of drug-likeness (QED) is 0.163. The van der Waals surface area contributed by atoms with E-state index in [-0.39, 0.29) is 0 Å². The molecule has 0 atom stereocenters. The molecule has 9 aromatic carbocycles. The Morgan fingerprint density at radius 2 is 0.895 bits per heavy atom. The molecule has 3 nitrogen and oxygen atoms in total. The van der Waals surface area contributed by atoms with Gasteiger partial charge >= 0.3 is 0 Å². The smallest absolute Gasteiger partial charge is 0.144 e. The molecule has 0 amide bonds. The molecule has 11 aromatic rings. The molecule has 0 aliphatic carbocycles. The summed E-state index contributed by atoms with van der Waals surface area (Å²) < 4.78 is 9.28. The molecule has 0 bridgehead atoms. The molecular formula is C54H36N2O. The summed E-state index contributed by atoms with van der Waals surface area (Å²) in [5.74, 6) is 0. The van der Waals surface area contributed by atoms with Gasteiger partial charge in [0.1, 0.15) is 11.2 Å². The molecule has 0 radical (unpaired) electrons. The van der Waals surface area contributed by atoms with Crippen LogP contribution in [0.25, 0.3) is 82.8 Å². The van der Waals surface area contributed by atoms with Crippen LogP contribution < -0.4 is 4.90 Å². The zero-order chi connectivity index (χ0) is 37.7. The van der Waals surface area contributed by atoms with Gasteiger partial charge in [-0.05, 0) is 101 Å². The van der Waals surface area contributed by atoms with Crippen LogP contribution in [0, 0.1) is 0 Å². The number of rotatable bonds is 7. The molecule has 268 valence electrons. The summed E-state index contributed by atoms with van der Waals surface area (Å²) in [4.78, 5) is 2.37. The Morgan fingerprint density at radius 3 is 1.60 bits per heavy atom. The summed E-state index contributed by atoms with van der Waals surface area (Å²) in [5.41, 5.74) is 15.2. The molecule has 0 saturated heterocycles. The first-order valence-corrected chi connectivity index (χ1v) is 19.4. The van der Waals surface area contributed by atoms with Crippen molar-refractivity contribution < 1.29 is 4.42 Å². The Labute approximate surface area is 330 Å². The standard InChI is InChI=1S/C54H36N2O/c1-5-18-37(19-6-1)40-32-41(38-20-7-2-8-21-38)35-45(34-40)55(42-23-9-3-10-24-42)44-27-17-22-39(33-44)48-36-50-52(53-47-29-14-16-31-51(47)57-54(48)53)46-28-13-15-30-49(46)56(50)43-25-11-4-12-26-43/h1-36H. The van der Waals surface area contributed by atoms with Gasteiger partial charge in [-0.3, -0.25) is 0 Å². The maximum atomic E-state index is 6.89. The molecule has 2 heterocycles. The predicted molar refractivity (Wildman–Crippen MR) is 239 cm³/mol. The van der Waals surface area contributed by atoms with Gasteiger partial charge in [-0.15, -0.1) is 0 Å². The lowest BCUT2D eigenvalue weighted by Crippen LogP contribution is -2.10. The van der Waals surface area contributed by atoms with Crippen molar-refractivity contribution in [3.8, 4) is 39.1 Å². The van der Waals surface area contributed by atoms with Crippen molar-refractivity contribution >= 4 is 60.8 Å². The summed E-state index contributed by atoms with van der Waals surface area (Å²) in [5, 5.41) is 4.66. The van der Waals surface area contributed by atoms with Crippen LogP contribution in [0.15, 0.2) is 223 Å². The third kappa shape index (κ3) is 5.60. The maximum absolute atomic E-state index is 6.89. The second-order valence-corrected chi connectivity index (χ2v) is 14.5. The first-order valence-electron chi connectivity index (χ1n) is 19.4. The fraction of sp³-hybridized carbons (Fsp3) is 0. The molecular weight excluding hydrogens is 693 g/mol. The zero-order valence-corrected chi connectivity index (χ0v) is 31.1. The van der Waals surface area contributed by atoms with E-state index in [1.165, 1.54) is 27.4 Å². The summed E-state index contributed by atoms with van der Waals surface area (Å²) in [6.45, 7) is 0. The van der Waals surface area contributed by atoms with Crippen LogP contribution in [0.4, 0.5) is 17.1 Å². The number of hydrogen-bond donors (Lipinski definition) is 0. The van der Waals surface area contributed by atoms with Crippen LogP contribution in [0.3, 0.4) is 0 Å². The van der Waals surface area contributed by atoms with Gasteiger partial charge in [0.15, 0.2) is 0 Å². The minimum absolute atomic E-state index is 0.881. The van der Waals surface area contributed by atoms with Crippen molar-refractivity contribution in [1.82, 2.24) is 4.57 Å². The van der Waals surface area contributed by atoms with E-state index >= 15 is 0 Å². The fourth-order valence-electron chi connectivity index (χ4n) is 8.59.